The van der Waals surface area contributed by atoms with Gasteiger partial charge in [0.1, 0.15) is 5.60 Å². The van der Waals surface area contributed by atoms with Crippen molar-refractivity contribution in [3.8, 4) is 5.75 Å². The van der Waals surface area contributed by atoms with Crippen molar-refractivity contribution in [3.63, 3.8) is 0 Å². The molecule has 0 saturated carbocycles. The summed E-state index contributed by atoms with van der Waals surface area (Å²) in [5.74, 6) is -0.820. The van der Waals surface area contributed by atoms with Gasteiger partial charge in [0.05, 0.1) is 23.8 Å². The van der Waals surface area contributed by atoms with Crippen LogP contribution in [0.3, 0.4) is 0 Å². The Kier molecular flexibility index (Phi) is 6.65. The van der Waals surface area contributed by atoms with E-state index in [1.165, 1.54) is 18.1 Å². The molecule has 1 atom stereocenters. The standard InChI is InChI=1S/C18H26FN3O6/c1-18(2,3)28-17(24)20-6-7-21(12(11-20)5-8-23)14-10-16(27-4)15(22(25)26)9-13(14)19/h9-10,12,23H,5-8,11H2,1-4H3/t12-/m0/s1. The molecule has 1 N–H and O–H groups in total. The second kappa shape index (κ2) is 8.59. The molecule has 0 bridgehead atoms. The number of halogens is 1. The normalized spacial score (nSPS) is 17.4. The Hall–Kier alpha value is -2.62. The summed E-state index contributed by atoms with van der Waals surface area (Å²) in [4.78, 5) is 25.9. The number of piperazine rings is 1. The number of hydrogen-bond donors (Lipinski definition) is 1. The summed E-state index contributed by atoms with van der Waals surface area (Å²) in [7, 11) is 1.27. The van der Waals surface area contributed by atoms with Gasteiger partial charge in [-0.1, -0.05) is 0 Å². The van der Waals surface area contributed by atoms with E-state index >= 15 is 0 Å². The molecule has 1 aromatic rings. The van der Waals surface area contributed by atoms with E-state index in [1.807, 2.05) is 0 Å². The fraction of sp³-hybridized carbons (Fsp3) is 0.611. The number of carbonyl (C=O) groups excluding carboxylic acids is 1. The number of amides is 1. The summed E-state index contributed by atoms with van der Waals surface area (Å²) >= 11 is 0. The quantitative estimate of drug-likeness (QED) is 0.599. The fourth-order valence-electron chi connectivity index (χ4n) is 3.12. The van der Waals surface area contributed by atoms with E-state index in [2.05, 4.69) is 0 Å². The molecule has 10 heteroatoms. The number of nitro groups is 1. The van der Waals surface area contributed by atoms with Crippen molar-refractivity contribution in [1.29, 1.82) is 0 Å². The van der Waals surface area contributed by atoms with Gasteiger partial charge in [-0.05, 0) is 27.2 Å². The van der Waals surface area contributed by atoms with Gasteiger partial charge >= 0.3 is 11.8 Å². The van der Waals surface area contributed by atoms with Gasteiger partial charge in [-0.25, -0.2) is 9.18 Å². The molecule has 0 unspecified atom stereocenters. The van der Waals surface area contributed by atoms with E-state index in [0.717, 1.165) is 6.07 Å². The van der Waals surface area contributed by atoms with Gasteiger partial charge in [0, 0.05) is 38.3 Å². The maximum absolute atomic E-state index is 14.6. The Morgan fingerprint density at radius 1 is 1.39 bits per heavy atom. The predicted molar refractivity (Wildman–Crippen MR) is 100 cm³/mol. The molecule has 2 rings (SSSR count). The van der Waals surface area contributed by atoms with E-state index in [1.54, 1.807) is 25.7 Å². The Morgan fingerprint density at radius 2 is 2.07 bits per heavy atom. The molecule has 0 aliphatic carbocycles. The molecule has 1 heterocycles. The number of nitrogens with zero attached hydrogens (tertiary/aromatic N) is 3. The van der Waals surface area contributed by atoms with Crippen LogP contribution in [-0.2, 0) is 4.74 Å². The van der Waals surface area contributed by atoms with E-state index in [4.69, 9.17) is 9.47 Å². The SMILES string of the molecule is COc1cc(N2CCN(C(=O)OC(C)(C)C)C[C@@H]2CCO)c(F)cc1[N+](=O)[O-]. The Morgan fingerprint density at radius 3 is 2.61 bits per heavy atom. The molecule has 1 aliphatic heterocycles. The van der Waals surface area contributed by atoms with Crippen molar-refractivity contribution in [1.82, 2.24) is 4.90 Å². The molecule has 0 radical (unpaired) electrons. The van der Waals surface area contributed by atoms with Crippen LogP contribution in [0, 0.1) is 15.9 Å². The van der Waals surface area contributed by atoms with Crippen LogP contribution >= 0.6 is 0 Å². The van der Waals surface area contributed by atoms with Gasteiger partial charge in [0.15, 0.2) is 11.6 Å². The van der Waals surface area contributed by atoms with Crippen LogP contribution in [0.4, 0.5) is 20.6 Å². The van der Waals surface area contributed by atoms with Gasteiger partial charge in [-0.2, -0.15) is 0 Å². The summed E-state index contributed by atoms with van der Waals surface area (Å²) in [6, 6.07) is 1.72. The number of benzene rings is 1. The monoisotopic (exact) mass is 399 g/mol. The minimum atomic E-state index is -0.763. The fourth-order valence-corrected chi connectivity index (χ4v) is 3.12. The van der Waals surface area contributed by atoms with Crippen molar-refractivity contribution in [3.05, 3.63) is 28.1 Å². The summed E-state index contributed by atoms with van der Waals surface area (Å²) < 4.78 is 25.1. The minimum Gasteiger partial charge on any atom is -0.490 e. The lowest BCUT2D eigenvalue weighted by Gasteiger charge is -2.43. The molecule has 1 fully saturated rings. The number of carbonyl (C=O) groups is 1. The molecular formula is C18H26FN3O6. The minimum absolute atomic E-state index is 0.0567. The number of aliphatic hydroxyl groups is 1. The predicted octanol–water partition coefficient (Wildman–Crippen LogP) is 2.55. The highest BCUT2D eigenvalue weighted by Crippen LogP contribution is 2.36. The van der Waals surface area contributed by atoms with E-state index in [-0.39, 0.29) is 50.1 Å². The third-order valence-corrected chi connectivity index (χ3v) is 4.35. The molecule has 0 aromatic heterocycles. The topological polar surface area (TPSA) is 105 Å². The number of hydrogen-bond acceptors (Lipinski definition) is 7. The number of aliphatic hydroxyl groups excluding tert-OH is 1. The first-order valence-corrected chi connectivity index (χ1v) is 8.94. The van der Waals surface area contributed by atoms with Crippen molar-refractivity contribution in [2.75, 3.05) is 38.3 Å². The van der Waals surface area contributed by atoms with E-state index in [9.17, 15) is 24.4 Å². The maximum Gasteiger partial charge on any atom is 0.410 e. The average Bonchev–Trinajstić information content (AvgIpc) is 2.60. The first-order chi connectivity index (χ1) is 13.1. The third kappa shape index (κ3) is 5.00. The summed E-state index contributed by atoms with van der Waals surface area (Å²) in [5, 5.41) is 20.5. The largest absolute Gasteiger partial charge is 0.490 e. The van der Waals surface area contributed by atoms with Crippen LogP contribution < -0.4 is 9.64 Å². The molecule has 156 valence electrons. The van der Waals surface area contributed by atoms with Crippen LogP contribution in [0.25, 0.3) is 0 Å². The van der Waals surface area contributed by atoms with Crippen molar-refractivity contribution in [2.24, 2.45) is 0 Å². The number of rotatable bonds is 5. The van der Waals surface area contributed by atoms with Gasteiger partial charge in [0.2, 0.25) is 0 Å². The highest BCUT2D eigenvalue weighted by molar-refractivity contribution is 5.69. The van der Waals surface area contributed by atoms with Gasteiger partial charge in [-0.15, -0.1) is 0 Å². The average molecular weight is 399 g/mol. The molecule has 28 heavy (non-hydrogen) atoms. The van der Waals surface area contributed by atoms with Crippen LogP contribution in [0.1, 0.15) is 27.2 Å². The molecule has 1 aliphatic rings. The first-order valence-electron chi connectivity index (χ1n) is 8.94. The third-order valence-electron chi connectivity index (χ3n) is 4.35. The molecule has 1 saturated heterocycles. The highest BCUT2D eigenvalue weighted by atomic mass is 19.1. The number of ether oxygens (including phenoxy) is 2. The second-order valence-corrected chi connectivity index (χ2v) is 7.52. The zero-order chi connectivity index (χ0) is 21.1. The lowest BCUT2D eigenvalue weighted by Crippen LogP contribution is -2.56. The van der Waals surface area contributed by atoms with Gasteiger partial charge in [-0.3, -0.25) is 10.1 Å². The highest BCUT2D eigenvalue weighted by Gasteiger charge is 2.34. The Labute approximate surface area is 162 Å². The molecule has 9 nitrogen and oxygen atoms in total. The number of methoxy groups -OCH3 is 1. The summed E-state index contributed by atoms with van der Waals surface area (Å²) in [6.45, 7) is 5.95. The van der Waals surface area contributed by atoms with Crippen molar-refractivity contribution >= 4 is 17.5 Å². The Balaban J connectivity index is 2.29. The zero-order valence-electron chi connectivity index (χ0n) is 16.5. The molecular weight excluding hydrogens is 373 g/mol. The van der Waals surface area contributed by atoms with Crippen LogP contribution in [0.5, 0.6) is 5.75 Å². The zero-order valence-corrected chi connectivity index (χ0v) is 16.5. The van der Waals surface area contributed by atoms with Gasteiger partial charge in [0.25, 0.3) is 0 Å². The van der Waals surface area contributed by atoms with Crippen LogP contribution in [-0.4, -0.2) is 66.0 Å². The number of nitro benzene ring substituents is 1. The maximum atomic E-state index is 14.6. The van der Waals surface area contributed by atoms with Gasteiger partial charge < -0.3 is 24.4 Å². The smallest absolute Gasteiger partial charge is 0.410 e. The second-order valence-electron chi connectivity index (χ2n) is 7.52. The van der Waals surface area contributed by atoms with E-state index in [0.29, 0.717) is 0 Å². The first kappa shape index (κ1) is 21.7. The lowest BCUT2D eigenvalue weighted by molar-refractivity contribution is -0.385. The Bertz CT molecular complexity index is 737. The summed E-state index contributed by atoms with van der Waals surface area (Å²) in [6.07, 6.45) is -0.185. The molecule has 0 spiro atoms. The molecule has 1 amide bonds. The van der Waals surface area contributed by atoms with Crippen molar-refractivity contribution in [2.45, 2.75) is 38.8 Å². The summed E-state index contributed by atoms with van der Waals surface area (Å²) in [5.41, 5.74) is -0.974. The van der Waals surface area contributed by atoms with Crippen molar-refractivity contribution < 1.29 is 28.7 Å². The van der Waals surface area contributed by atoms with Crippen LogP contribution in [0.15, 0.2) is 12.1 Å². The lowest BCUT2D eigenvalue weighted by atomic mass is 10.1. The molecule has 1 aromatic carbocycles. The van der Waals surface area contributed by atoms with E-state index < -0.39 is 28.1 Å². The van der Waals surface area contributed by atoms with Crippen LogP contribution in [0.2, 0.25) is 0 Å². The number of anilines is 1.